The lowest BCUT2D eigenvalue weighted by molar-refractivity contribution is 0.0963. The zero-order valence-corrected chi connectivity index (χ0v) is 15.6. The van der Waals surface area contributed by atoms with Gasteiger partial charge in [-0.25, -0.2) is 9.97 Å². The molecular formula is C18H25N5OS. The highest BCUT2D eigenvalue weighted by atomic mass is 32.1. The Morgan fingerprint density at radius 2 is 2.20 bits per heavy atom. The maximum absolute atomic E-state index is 11.9. The molecule has 3 rings (SSSR count). The number of piperidine rings is 1. The van der Waals surface area contributed by atoms with Gasteiger partial charge in [0.1, 0.15) is 5.82 Å². The highest BCUT2D eigenvalue weighted by Crippen LogP contribution is 2.21. The number of likely N-dealkylation sites (tertiary alicyclic amines) is 1. The molecule has 0 radical (unpaired) electrons. The van der Waals surface area contributed by atoms with Crippen molar-refractivity contribution in [1.29, 1.82) is 0 Å². The van der Waals surface area contributed by atoms with E-state index in [-0.39, 0.29) is 5.91 Å². The summed E-state index contributed by atoms with van der Waals surface area (Å²) < 4.78 is 0. The summed E-state index contributed by atoms with van der Waals surface area (Å²) in [6, 6.07) is 3.58. The van der Waals surface area contributed by atoms with Crippen molar-refractivity contribution in [1.82, 2.24) is 20.2 Å². The average Bonchev–Trinajstić information content (AvgIpc) is 3.05. The first kappa shape index (κ1) is 17.8. The Hall–Kier alpha value is -1.99. The molecule has 3 heterocycles. The molecule has 1 amide bonds. The number of nitrogens with one attached hydrogen (secondary N) is 2. The number of aryl methyl sites for hydroxylation is 1. The maximum atomic E-state index is 11.9. The Bertz CT molecular complexity index is 709. The molecule has 1 saturated heterocycles. The van der Waals surface area contributed by atoms with Crippen LogP contribution in [0.25, 0.3) is 0 Å². The van der Waals surface area contributed by atoms with Gasteiger partial charge in [-0.15, -0.1) is 11.3 Å². The Morgan fingerprint density at radius 3 is 2.88 bits per heavy atom. The summed E-state index contributed by atoms with van der Waals surface area (Å²) in [6.07, 6.45) is 4.02. The van der Waals surface area contributed by atoms with Crippen molar-refractivity contribution in [2.75, 3.05) is 32.0 Å². The van der Waals surface area contributed by atoms with Crippen LogP contribution in [0.2, 0.25) is 0 Å². The number of pyridine rings is 1. The third-order valence-corrected chi connectivity index (χ3v) is 5.42. The third-order valence-electron chi connectivity index (χ3n) is 4.60. The molecule has 1 fully saturated rings. The van der Waals surface area contributed by atoms with Crippen LogP contribution in [0.4, 0.5) is 5.82 Å². The zero-order valence-electron chi connectivity index (χ0n) is 14.8. The number of carbonyl (C=O) groups excluding carboxylic acids is 1. The Balaban J connectivity index is 1.47. The number of nitrogens with zero attached hydrogens (tertiary/aromatic N) is 3. The number of hydrogen-bond donors (Lipinski definition) is 2. The lowest BCUT2D eigenvalue weighted by Gasteiger charge is -2.31. The van der Waals surface area contributed by atoms with E-state index in [1.165, 1.54) is 5.69 Å². The summed E-state index contributed by atoms with van der Waals surface area (Å²) in [5.41, 5.74) is 1.78. The van der Waals surface area contributed by atoms with Crippen molar-refractivity contribution in [3.05, 3.63) is 40.0 Å². The van der Waals surface area contributed by atoms with Crippen molar-refractivity contribution < 1.29 is 4.79 Å². The lowest BCUT2D eigenvalue weighted by Crippen LogP contribution is -2.35. The molecule has 0 bridgehead atoms. The van der Waals surface area contributed by atoms with Gasteiger partial charge in [-0.2, -0.15) is 0 Å². The Morgan fingerprint density at radius 1 is 1.40 bits per heavy atom. The predicted octanol–water partition coefficient (Wildman–Crippen LogP) is 2.53. The molecule has 1 aliphatic rings. The number of amides is 1. The molecule has 0 unspecified atom stereocenters. The molecule has 0 spiro atoms. The van der Waals surface area contributed by atoms with Crippen LogP contribution in [0, 0.1) is 12.8 Å². The summed E-state index contributed by atoms with van der Waals surface area (Å²) in [6.45, 7) is 6.04. The van der Waals surface area contributed by atoms with E-state index in [1.54, 1.807) is 36.7 Å². The SMILES string of the molecule is CNC(=O)c1cccnc1NCC1CCN(Cc2csc(C)n2)CC1. The second-order valence-electron chi connectivity index (χ2n) is 6.44. The van der Waals surface area contributed by atoms with Crippen molar-refractivity contribution in [3.63, 3.8) is 0 Å². The molecule has 1 aliphatic heterocycles. The maximum Gasteiger partial charge on any atom is 0.254 e. The minimum atomic E-state index is -0.107. The van der Waals surface area contributed by atoms with E-state index in [4.69, 9.17) is 0 Å². The van der Waals surface area contributed by atoms with Gasteiger partial charge in [0.25, 0.3) is 5.91 Å². The van der Waals surface area contributed by atoms with Crippen molar-refractivity contribution in [2.24, 2.45) is 5.92 Å². The van der Waals surface area contributed by atoms with E-state index in [1.807, 2.05) is 0 Å². The minimum Gasteiger partial charge on any atom is -0.369 e. The highest BCUT2D eigenvalue weighted by molar-refractivity contribution is 7.09. The topological polar surface area (TPSA) is 70.2 Å². The van der Waals surface area contributed by atoms with Gasteiger partial charge in [-0.05, 0) is 50.9 Å². The monoisotopic (exact) mass is 359 g/mol. The van der Waals surface area contributed by atoms with Gasteiger partial charge in [-0.1, -0.05) is 0 Å². The fraction of sp³-hybridized carbons (Fsp3) is 0.500. The molecule has 0 aromatic carbocycles. The molecule has 25 heavy (non-hydrogen) atoms. The normalized spacial score (nSPS) is 15.9. The second-order valence-corrected chi connectivity index (χ2v) is 7.50. The van der Waals surface area contributed by atoms with Gasteiger partial charge in [0.15, 0.2) is 0 Å². The summed E-state index contributed by atoms with van der Waals surface area (Å²) in [4.78, 5) is 23.2. The average molecular weight is 359 g/mol. The number of aromatic nitrogens is 2. The van der Waals surface area contributed by atoms with E-state index < -0.39 is 0 Å². The minimum absolute atomic E-state index is 0.107. The van der Waals surface area contributed by atoms with Crippen LogP contribution in [0.5, 0.6) is 0 Å². The van der Waals surface area contributed by atoms with Crippen LogP contribution in [0.15, 0.2) is 23.7 Å². The van der Waals surface area contributed by atoms with Gasteiger partial charge in [0.05, 0.1) is 16.3 Å². The molecule has 0 atom stereocenters. The number of anilines is 1. The van der Waals surface area contributed by atoms with E-state index in [9.17, 15) is 4.79 Å². The van der Waals surface area contributed by atoms with E-state index >= 15 is 0 Å². The summed E-state index contributed by atoms with van der Waals surface area (Å²) in [5, 5.41) is 9.32. The van der Waals surface area contributed by atoms with Gasteiger partial charge >= 0.3 is 0 Å². The lowest BCUT2D eigenvalue weighted by atomic mass is 9.96. The standard InChI is InChI=1S/C18H25N5OS/c1-13-22-15(12-25-13)11-23-8-5-14(6-9-23)10-21-17-16(18(24)19-2)4-3-7-20-17/h3-4,7,12,14H,5-6,8-11H2,1-2H3,(H,19,24)(H,20,21). The molecule has 2 aromatic heterocycles. The Kier molecular flexibility index (Phi) is 5.99. The molecule has 0 aliphatic carbocycles. The molecule has 0 saturated carbocycles. The number of carbonyl (C=O) groups is 1. The zero-order chi connectivity index (χ0) is 17.6. The van der Waals surface area contributed by atoms with Gasteiger partial charge in [0.2, 0.25) is 0 Å². The van der Waals surface area contributed by atoms with Crippen LogP contribution in [0.1, 0.15) is 33.9 Å². The van der Waals surface area contributed by atoms with Crippen molar-refractivity contribution in [3.8, 4) is 0 Å². The quantitative estimate of drug-likeness (QED) is 0.829. The Labute approximate surface area is 152 Å². The fourth-order valence-corrected chi connectivity index (χ4v) is 3.77. The third kappa shape index (κ3) is 4.76. The first-order valence-corrected chi connectivity index (χ1v) is 9.58. The first-order chi connectivity index (χ1) is 12.2. The summed E-state index contributed by atoms with van der Waals surface area (Å²) in [5.74, 6) is 1.17. The highest BCUT2D eigenvalue weighted by Gasteiger charge is 2.20. The fourth-order valence-electron chi connectivity index (χ4n) is 3.16. The number of hydrogen-bond acceptors (Lipinski definition) is 6. The van der Waals surface area contributed by atoms with Gasteiger partial charge in [0, 0.05) is 31.7 Å². The van der Waals surface area contributed by atoms with Crippen LogP contribution >= 0.6 is 11.3 Å². The van der Waals surface area contributed by atoms with Crippen LogP contribution in [-0.4, -0.2) is 47.5 Å². The molecule has 134 valence electrons. The van der Waals surface area contributed by atoms with Gasteiger partial charge in [-0.3, -0.25) is 9.69 Å². The predicted molar refractivity (Wildman–Crippen MR) is 101 cm³/mol. The van der Waals surface area contributed by atoms with E-state index in [0.717, 1.165) is 44.0 Å². The summed E-state index contributed by atoms with van der Waals surface area (Å²) in [7, 11) is 1.64. The molecule has 7 heteroatoms. The summed E-state index contributed by atoms with van der Waals surface area (Å²) >= 11 is 1.72. The largest absolute Gasteiger partial charge is 0.369 e. The molecule has 2 N–H and O–H groups in total. The van der Waals surface area contributed by atoms with Gasteiger partial charge < -0.3 is 10.6 Å². The van der Waals surface area contributed by atoms with Crippen LogP contribution in [0.3, 0.4) is 0 Å². The number of thiazole rings is 1. The van der Waals surface area contributed by atoms with E-state index in [0.29, 0.717) is 17.3 Å². The first-order valence-electron chi connectivity index (χ1n) is 8.70. The molecule has 6 nitrogen and oxygen atoms in total. The smallest absolute Gasteiger partial charge is 0.254 e. The van der Waals surface area contributed by atoms with Crippen LogP contribution < -0.4 is 10.6 Å². The van der Waals surface area contributed by atoms with Crippen LogP contribution in [-0.2, 0) is 6.54 Å². The van der Waals surface area contributed by atoms with Crippen molar-refractivity contribution >= 4 is 23.1 Å². The second kappa shape index (κ2) is 8.40. The van der Waals surface area contributed by atoms with E-state index in [2.05, 4.69) is 37.8 Å². The molecule has 2 aromatic rings. The number of rotatable bonds is 6. The molecular weight excluding hydrogens is 334 g/mol. The van der Waals surface area contributed by atoms with Crippen molar-refractivity contribution in [2.45, 2.75) is 26.3 Å².